The number of aliphatic hydroxyl groups is 1. The first-order valence-corrected chi connectivity index (χ1v) is 8.01. The molecule has 0 radical (unpaired) electrons. The molecule has 1 aromatic rings. The van der Waals surface area contributed by atoms with E-state index < -0.39 is 9.84 Å². The standard InChI is InChI=1S/C13H17NO4S/c15-8-11-3-1-2-4-12(11)14-13(16)7-10-5-6-19(17,18)9-10/h1-4,10,15H,5-9H2,(H,14,16). The largest absolute Gasteiger partial charge is 0.392 e. The molecule has 1 amide bonds. The van der Waals surface area contributed by atoms with Crippen LogP contribution in [0.2, 0.25) is 0 Å². The van der Waals surface area contributed by atoms with Gasteiger partial charge in [-0.05, 0) is 18.4 Å². The van der Waals surface area contributed by atoms with Gasteiger partial charge in [0.05, 0.1) is 18.1 Å². The van der Waals surface area contributed by atoms with E-state index in [1.165, 1.54) is 0 Å². The Balaban J connectivity index is 1.95. The summed E-state index contributed by atoms with van der Waals surface area (Å²) in [5, 5.41) is 11.9. The molecule has 1 atom stereocenters. The maximum atomic E-state index is 11.9. The third-order valence-electron chi connectivity index (χ3n) is 3.26. The molecule has 0 aliphatic carbocycles. The molecular formula is C13H17NO4S. The van der Waals surface area contributed by atoms with Crippen molar-refractivity contribution in [3.63, 3.8) is 0 Å². The maximum Gasteiger partial charge on any atom is 0.224 e. The third kappa shape index (κ3) is 3.78. The number of carbonyl (C=O) groups excluding carboxylic acids is 1. The third-order valence-corrected chi connectivity index (χ3v) is 5.10. The fourth-order valence-electron chi connectivity index (χ4n) is 2.28. The highest BCUT2D eigenvalue weighted by atomic mass is 32.2. The molecule has 2 N–H and O–H groups in total. The molecule has 0 aromatic heterocycles. The van der Waals surface area contributed by atoms with Crippen LogP contribution in [0, 0.1) is 5.92 Å². The molecule has 0 saturated carbocycles. The number of hydrogen-bond donors (Lipinski definition) is 2. The minimum Gasteiger partial charge on any atom is -0.392 e. The number of aliphatic hydroxyl groups excluding tert-OH is 1. The van der Waals surface area contributed by atoms with Gasteiger partial charge in [0.15, 0.2) is 9.84 Å². The molecule has 2 rings (SSSR count). The molecule has 1 aromatic carbocycles. The Kier molecular flexibility index (Phi) is 4.21. The van der Waals surface area contributed by atoms with Crippen molar-refractivity contribution in [2.24, 2.45) is 5.92 Å². The molecule has 6 heteroatoms. The quantitative estimate of drug-likeness (QED) is 0.861. The van der Waals surface area contributed by atoms with E-state index in [0.717, 1.165) is 0 Å². The Hall–Kier alpha value is -1.40. The zero-order chi connectivity index (χ0) is 13.9. The maximum absolute atomic E-state index is 11.9. The van der Waals surface area contributed by atoms with Crippen LogP contribution in [0.4, 0.5) is 5.69 Å². The summed E-state index contributed by atoms with van der Waals surface area (Å²) in [6.45, 7) is -0.145. The van der Waals surface area contributed by atoms with Crippen LogP contribution in [0.5, 0.6) is 0 Å². The van der Waals surface area contributed by atoms with Crippen molar-refractivity contribution in [1.82, 2.24) is 0 Å². The van der Waals surface area contributed by atoms with Crippen LogP contribution in [-0.4, -0.2) is 30.9 Å². The summed E-state index contributed by atoms with van der Waals surface area (Å²) in [6.07, 6.45) is 0.760. The predicted octanol–water partition coefficient (Wildman–Crippen LogP) is 0.942. The van der Waals surface area contributed by atoms with E-state index >= 15 is 0 Å². The van der Waals surface area contributed by atoms with Gasteiger partial charge in [0.2, 0.25) is 5.91 Å². The van der Waals surface area contributed by atoms with Gasteiger partial charge in [-0.15, -0.1) is 0 Å². The average Bonchev–Trinajstić information content (AvgIpc) is 2.69. The second-order valence-electron chi connectivity index (χ2n) is 4.84. The summed E-state index contributed by atoms with van der Waals surface area (Å²) >= 11 is 0. The van der Waals surface area contributed by atoms with Crippen molar-refractivity contribution in [3.8, 4) is 0 Å². The Morgan fingerprint density at radius 3 is 2.74 bits per heavy atom. The van der Waals surface area contributed by atoms with Crippen LogP contribution >= 0.6 is 0 Å². The molecule has 1 aliphatic heterocycles. The number of nitrogens with one attached hydrogen (secondary N) is 1. The Bertz CT molecular complexity index is 568. The average molecular weight is 283 g/mol. The molecule has 1 unspecified atom stereocenters. The fraction of sp³-hybridized carbons (Fsp3) is 0.462. The SMILES string of the molecule is O=C(CC1CCS(=O)(=O)C1)Nc1ccccc1CO. The van der Waals surface area contributed by atoms with Crippen LogP contribution in [0.15, 0.2) is 24.3 Å². The van der Waals surface area contributed by atoms with E-state index in [-0.39, 0.29) is 36.4 Å². The molecule has 1 aliphatic rings. The van der Waals surface area contributed by atoms with Crippen LogP contribution < -0.4 is 5.32 Å². The van der Waals surface area contributed by atoms with Gasteiger partial charge in [0.1, 0.15) is 0 Å². The first-order valence-electron chi connectivity index (χ1n) is 6.19. The van der Waals surface area contributed by atoms with Crippen molar-refractivity contribution in [3.05, 3.63) is 29.8 Å². The molecule has 19 heavy (non-hydrogen) atoms. The van der Waals surface area contributed by atoms with Crippen LogP contribution in [0.3, 0.4) is 0 Å². The predicted molar refractivity (Wildman–Crippen MR) is 72.4 cm³/mol. The molecule has 0 spiro atoms. The fourth-order valence-corrected chi connectivity index (χ4v) is 4.14. The van der Waals surface area contributed by atoms with Crippen LogP contribution in [0.1, 0.15) is 18.4 Å². The minimum absolute atomic E-state index is 0.0914. The molecule has 1 fully saturated rings. The highest BCUT2D eigenvalue weighted by Gasteiger charge is 2.29. The second-order valence-corrected chi connectivity index (χ2v) is 7.07. The number of rotatable bonds is 4. The summed E-state index contributed by atoms with van der Waals surface area (Å²) in [7, 11) is -2.95. The highest BCUT2D eigenvalue weighted by Crippen LogP contribution is 2.22. The number of sulfone groups is 1. The molecule has 104 valence electrons. The number of amides is 1. The molecule has 1 heterocycles. The number of para-hydroxylation sites is 1. The minimum atomic E-state index is -2.95. The summed E-state index contributed by atoms with van der Waals surface area (Å²) in [5.41, 5.74) is 1.23. The lowest BCUT2D eigenvalue weighted by Gasteiger charge is -2.11. The molecular weight excluding hydrogens is 266 g/mol. The summed E-state index contributed by atoms with van der Waals surface area (Å²) in [6, 6.07) is 7.00. The molecule has 0 bridgehead atoms. The van der Waals surface area contributed by atoms with E-state index in [2.05, 4.69) is 5.32 Å². The number of carbonyl (C=O) groups is 1. The highest BCUT2D eigenvalue weighted by molar-refractivity contribution is 7.91. The van der Waals surface area contributed by atoms with Crippen molar-refractivity contribution in [2.75, 3.05) is 16.8 Å². The smallest absolute Gasteiger partial charge is 0.224 e. The monoisotopic (exact) mass is 283 g/mol. The lowest BCUT2D eigenvalue weighted by Crippen LogP contribution is -2.18. The van der Waals surface area contributed by atoms with Crippen molar-refractivity contribution >= 4 is 21.4 Å². The number of anilines is 1. The molecule has 1 saturated heterocycles. The summed E-state index contributed by atoms with van der Waals surface area (Å²) < 4.78 is 22.6. The van der Waals surface area contributed by atoms with Gasteiger partial charge < -0.3 is 10.4 Å². The lowest BCUT2D eigenvalue weighted by atomic mass is 10.0. The van der Waals surface area contributed by atoms with Crippen LogP contribution in [-0.2, 0) is 21.2 Å². The van der Waals surface area contributed by atoms with E-state index in [1.54, 1.807) is 24.3 Å². The Morgan fingerprint density at radius 1 is 1.37 bits per heavy atom. The Morgan fingerprint density at radius 2 is 2.11 bits per heavy atom. The van der Waals surface area contributed by atoms with E-state index in [4.69, 9.17) is 5.11 Å². The first kappa shape index (κ1) is 14.0. The van der Waals surface area contributed by atoms with Gasteiger partial charge >= 0.3 is 0 Å². The zero-order valence-corrected chi connectivity index (χ0v) is 11.3. The van der Waals surface area contributed by atoms with Gasteiger partial charge in [0, 0.05) is 17.7 Å². The zero-order valence-electron chi connectivity index (χ0n) is 10.5. The van der Waals surface area contributed by atoms with E-state index in [0.29, 0.717) is 17.7 Å². The topological polar surface area (TPSA) is 83.5 Å². The van der Waals surface area contributed by atoms with Gasteiger partial charge in [-0.1, -0.05) is 18.2 Å². The van der Waals surface area contributed by atoms with E-state index in [9.17, 15) is 13.2 Å². The lowest BCUT2D eigenvalue weighted by molar-refractivity contribution is -0.116. The van der Waals surface area contributed by atoms with Gasteiger partial charge in [0.25, 0.3) is 0 Å². The van der Waals surface area contributed by atoms with Gasteiger partial charge in [-0.3, -0.25) is 4.79 Å². The van der Waals surface area contributed by atoms with E-state index in [1.807, 2.05) is 0 Å². The van der Waals surface area contributed by atoms with Crippen molar-refractivity contribution in [1.29, 1.82) is 0 Å². The Labute approximate surface area is 112 Å². The normalized spacial score (nSPS) is 21.2. The first-order chi connectivity index (χ1) is 9.00. The van der Waals surface area contributed by atoms with Gasteiger partial charge in [-0.25, -0.2) is 8.42 Å². The number of hydrogen-bond acceptors (Lipinski definition) is 4. The van der Waals surface area contributed by atoms with Crippen molar-refractivity contribution < 1.29 is 18.3 Å². The van der Waals surface area contributed by atoms with Crippen LogP contribution in [0.25, 0.3) is 0 Å². The van der Waals surface area contributed by atoms with Gasteiger partial charge in [-0.2, -0.15) is 0 Å². The molecule has 5 nitrogen and oxygen atoms in total. The van der Waals surface area contributed by atoms with Crippen molar-refractivity contribution in [2.45, 2.75) is 19.4 Å². The number of benzene rings is 1. The summed E-state index contributed by atoms with van der Waals surface area (Å²) in [5.74, 6) is -0.0189. The second kappa shape index (κ2) is 5.71. The summed E-state index contributed by atoms with van der Waals surface area (Å²) in [4.78, 5) is 11.9.